The number of imide groups is 1. The highest BCUT2D eigenvalue weighted by Crippen LogP contribution is 2.34. The van der Waals surface area contributed by atoms with Gasteiger partial charge in [0.05, 0.1) is 11.8 Å². The first kappa shape index (κ1) is 11.8. The zero-order valence-corrected chi connectivity index (χ0v) is 10.0. The summed E-state index contributed by atoms with van der Waals surface area (Å²) in [5.74, 6) is -1.11. The van der Waals surface area contributed by atoms with Crippen LogP contribution in [0.1, 0.15) is 12.8 Å². The number of allylic oxidation sites excluding steroid dienone is 2. The van der Waals surface area contributed by atoms with E-state index in [-0.39, 0.29) is 36.1 Å². The number of fused-ring (bicyclic) bond motifs is 1. The predicted molar refractivity (Wildman–Crippen MR) is 60.8 cm³/mol. The molecule has 0 saturated carbocycles. The van der Waals surface area contributed by atoms with Crippen molar-refractivity contribution in [1.29, 1.82) is 0 Å². The molecule has 2 rings (SSSR count). The Morgan fingerprint density at radius 1 is 1.24 bits per heavy atom. The summed E-state index contributed by atoms with van der Waals surface area (Å²) in [7, 11) is 3.23. The maximum absolute atomic E-state index is 12.0. The Hall–Kier alpha value is -1.65. The molecule has 1 heterocycles. The molecule has 17 heavy (non-hydrogen) atoms. The van der Waals surface area contributed by atoms with Crippen molar-refractivity contribution in [2.45, 2.75) is 12.8 Å². The molecule has 1 fully saturated rings. The molecule has 0 aromatic carbocycles. The number of carbonyl (C=O) groups is 3. The minimum absolute atomic E-state index is 0.127. The van der Waals surface area contributed by atoms with E-state index in [9.17, 15) is 14.4 Å². The molecule has 0 unspecified atom stereocenters. The maximum Gasteiger partial charge on any atom is 0.242 e. The van der Waals surface area contributed by atoms with E-state index in [0.717, 1.165) is 4.90 Å². The Bertz CT molecular complexity index is 375. The van der Waals surface area contributed by atoms with Gasteiger partial charge in [-0.2, -0.15) is 0 Å². The third kappa shape index (κ3) is 1.97. The summed E-state index contributed by atoms with van der Waals surface area (Å²) in [5, 5.41) is 0. The van der Waals surface area contributed by atoms with Crippen LogP contribution in [0.3, 0.4) is 0 Å². The van der Waals surface area contributed by atoms with Gasteiger partial charge in [-0.15, -0.1) is 0 Å². The molecule has 0 radical (unpaired) electrons. The van der Waals surface area contributed by atoms with Crippen LogP contribution in [0, 0.1) is 11.8 Å². The Morgan fingerprint density at radius 3 is 2.12 bits per heavy atom. The van der Waals surface area contributed by atoms with Gasteiger partial charge in [0.25, 0.3) is 0 Å². The zero-order chi connectivity index (χ0) is 12.6. The van der Waals surface area contributed by atoms with Gasteiger partial charge < -0.3 is 4.90 Å². The molecular weight excluding hydrogens is 220 g/mol. The van der Waals surface area contributed by atoms with E-state index in [1.54, 1.807) is 14.1 Å². The standard InChI is InChI=1S/C12H16N2O3/c1-13(2)10(15)7-14-11(16)8-5-3-4-6-9(8)12(14)17/h3-4,8-9H,5-7H2,1-2H3/t8-,9+. The lowest BCUT2D eigenvalue weighted by atomic mass is 9.85. The Labute approximate surface area is 100 Å². The highest BCUT2D eigenvalue weighted by Gasteiger charge is 2.47. The van der Waals surface area contributed by atoms with Gasteiger partial charge in [0.1, 0.15) is 6.54 Å². The Morgan fingerprint density at radius 2 is 1.71 bits per heavy atom. The molecule has 1 saturated heterocycles. The topological polar surface area (TPSA) is 57.7 Å². The van der Waals surface area contributed by atoms with Crippen molar-refractivity contribution < 1.29 is 14.4 Å². The fourth-order valence-corrected chi connectivity index (χ4v) is 2.30. The van der Waals surface area contributed by atoms with Crippen LogP contribution in [0.2, 0.25) is 0 Å². The molecular formula is C12H16N2O3. The highest BCUT2D eigenvalue weighted by molar-refractivity contribution is 6.07. The largest absolute Gasteiger partial charge is 0.347 e. The predicted octanol–water partition coefficient (Wildman–Crippen LogP) is 0.0258. The van der Waals surface area contributed by atoms with Gasteiger partial charge in [-0.05, 0) is 12.8 Å². The van der Waals surface area contributed by atoms with Crippen molar-refractivity contribution >= 4 is 17.7 Å². The number of carbonyl (C=O) groups excluding carboxylic acids is 3. The van der Waals surface area contributed by atoms with Crippen LogP contribution >= 0.6 is 0 Å². The number of nitrogens with zero attached hydrogens (tertiary/aromatic N) is 2. The quantitative estimate of drug-likeness (QED) is 0.502. The number of hydrogen-bond acceptors (Lipinski definition) is 3. The second-order valence-corrected chi connectivity index (χ2v) is 4.71. The summed E-state index contributed by atoms with van der Waals surface area (Å²) in [5.41, 5.74) is 0. The third-order valence-electron chi connectivity index (χ3n) is 3.39. The number of rotatable bonds is 2. The summed E-state index contributed by atoms with van der Waals surface area (Å²) in [6, 6.07) is 0. The van der Waals surface area contributed by atoms with Crippen molar-refractivity contribution in [2.24, 2.45) is 11.8 Å². The van der Waals surface area contributed by atoms with E-state index in [1.807, 2.05) is 12.2 Å². The van der Waals surface area contributed by atoms with Crippen molar-refractivity contribution in [3.8, 4) is 0 Å². The lowest BCUT2D eigenvalue weighted by Crippen LogP contribution is -2.40. The van der Waals surface area contributed by atoms with Crippen molar-refractivity contribution in [2.75, 3.05) is 20.6 Å². The third-order valence-corrected chi connectivity index (χ3v) is 3.39. The summed E-state index contributed by atoms with van der Waals surface area (Å²) in [6.45, 7) is -0.127. The number of amides is 3. The Balaban J connectivity index is 2.13. The average Bonchev–Trinajstić information content (AvgIpc) is 2.55. The van der Waals surface area contributed by atoms with Crippen LogP contribution in [0.25, 0.3) is 0 Å². The molecule has 0 aromatic rings. The summed E-state index contributed by atoms with van der Waals surface area (Å²) < 4.78 is 0. The van der Waals surface area contributed by atoms with Crippen LogP contribution in [0.5, 0.6) is 0 Å². The van der Waals surface area contributed by atoms with E-state index in [2.05, 4.69) is 0 Å². The van der Waals surface area contributed by atoms with Crippen molar-refractivity contribution in [1.82, 2.24) is 9.80 Å². The van der Waals surface area contributed by atoms with E-state index < -0.39 is 0 Å². The molecule has 5 nitrogen and oxygen atoms in total. The number of likely N-dealkylation sites (tertiary alicyclic amines) is 1. The van der Waals surface area contributed by atoms with Crippen LogP contribution in [-0.4, -0.2) is 48.2 Å². The van der Waals surface area contributed by atoms with Gasteiger partial charge in [0, 0.05) is 14.1 Å². The lowest BCUT2D eigenvalue weighted by molar-refractivity contribution is -0.145. The van der Waals surface area contributed by atoms with E-state index in [0.29, 0.717) is 12.8 Å². The first-order valence-corrected chi connectivity index (χ1v) is 5.72. The molecule has 0 bridgehead atoms. The maximum atomic E-state index is 12.0. The van der Waals surface area contributed by atoms with Gasteiger partial charge in [-0.25, -0.2) is 0 Å². The smallest absolute Gasteiger partial charge is 0.242 e. The van der Waals surface area contributed by atoms with Crippen LogP contribution < -0.4 is 0 Å². The summed E-state index contributed by atoms with van der Waals surface area (Å²) in [4.78, 5) is 38.1. The minimum Gasteiger partial charge on any atom is -0.347 e. The van der Waals surface area contributed by atoms with Gasteiger partial charge in [-0.3, -0.25) is 19.3 Å². The SMILES string of the molecule is CN(C)C(=O)CN1C(=O)[C@H]2CC=CC[C@H]2C1=O. The average molecular weight is 236 g/mol. The van der Waals surface area contributed by atoms with Gasteiger partial charge in [0.2, 0.25) is 17.7 Å². The van der Waals surface area contributed by atoms with E-state index in [1.165, 1.54) is 4.90 Å². The second kappa shape index (κ2) is 4.31. The molecule has 5 heteroatoms. The molecule has 1 aliphatic carbocycles. The summed E-state index contributed by atoms with van der Waals surface area (Å²) >= 11 is 0. The molecule has 1 aliphatic heterocycles. The van der Waals surface area contributed by atoms with Crippen molar-refractivity contribution in [3.63, 3.8) is 0 Å². The van der Waals surface area contributed by atoms with Gasteiger partial charge in [0.15, 0.2) is 0 Å². The molecule has 2 atom stereocenters. The van der Waals surface area contributed by atoms with Gasteiger partial charge in [-0.1, -0.05) is 12.2 Å². The molecule has 0 N–H and O–H groups in total. The molecule has 0 aromatic heterocycles. The minimum atomic E-state index is -0.248. The normalized spacial score (nSPS) is 27.3. The van der Waals surface area contributed by atoms with Crippen LogP contribution in [0.4, 0.5) is 0 Å². The van der Waals surface area contributed by atoms with E-state index in [4.69, 9.17) is 0 Å². The first-order valence-electron chi connectivity index (χ1n) is 5.72. The molecule has 92 valence electrons. The lowest BCUT2D eigenvalue weighted by Gasteiger charge is -2.17. The van der Waals surface area contributed by atoms with Crippen LogP contribution in [0.15, 0.2) is 12.2 Å². The van der Waals surface area contributed by atoms with Gasteiger partial charge >= 0.3 is 0 Å². The first-order chi connectivity index (χ1) is 8.02. The number of hydrogen-bond donors (Lipinski definition) is 0. The monoisotopic (exact) mass is 236 g/mol. The molecule has 3 amide bonds. The fraction of sp³-hybridized carbons (Fsp3) is 0.583. The second-order valence-electron chi connectivity index (χ2n) is 4.71. The fourth-order valence-electron chi connectivity index (χ4n) is 2.30. The zero-order valence-electron chi connectivity index (χ0n) is 10.0. The molecule has 2 aliphatic rings. The highest BCUT2D eigenvalue weighted by atomic mass is 16.2. The number of likely N-dealkylation sites (N-methyl/N-ethyl adjacent to an activating group) is 1. The van der Waals surface area contributed by atoms with Crippen molar-refractivity contribution in [3.05, 3.63) is 12.2 Å². The van der Waals surface area contributed by atoms with Crippen LogP contribution in [-0.2, 0) is 14.4 Å². The molecule has 0 spiro atoms. The van der Waals surface area contributed by atoms with E-state index >= 15 is 0 Å². The summed E-state index contributed by atoms with van der Waals surface area (Å²) in [6.07, 6.45) is 5.09. The Kier molecular flexibility index (Phi) is 3.00.